The summed E-state index contributed by atoms with van der Waals surface area (Å²) in [6, 6.07) is 0. The molecule has 5 nitrogen and oxygen atoms in total. The summed E-state index contributed by atoms with van der Waals surface area (Å²) in [5, 5.41) is 10.7. The number of aldehydes is 1. The minimum Gasteiger partial charge on any atom is -0.511 e. The van der Waals surface area contributed by atoms with E-state index in [1.54, 1.807) is 27.0 Å². The van der Waals surface area contributed by atoms with Crippen molar-refractivity contribution in [1.29, 1.82) is 0 Å². The minimum atomic E-state index is -0.917. The second-order valence-corrected chi connectivity index (χ2v) is 6.93. The Kier molecular flexibility index (Phi) is 11.2. The molecule has 0 aromatic rings. The summed E-state index contributed by atoms with van der Waals surface area (Å²) in [5.41, 5.74) is 5.19. The average molecular weight is 431 g/mol. The summed E-state index contributed by atoms with van der Waals surface area (Å²) < 4.78 is 14.1. The highest BCUT2D eigenvalue weighted by atomic mass is 79.9. The number of ketones is 1. The molecule has 0 saturated heterocycles. The van der Waals surface area contributed by atoms with E-state index in [1.807, 2.05) is 0 Å². The number of aliphatic hydroxyl groups excluding tert-OH is 1. The first-order valence-electron chi connectivity index (χ1n) is 8.31. The van der Waals surface area contributed by atoms with E-state index in [0.717, 1.165) is 6.08 Å². The molecular weight excluding hydrogens is 403 g/mol. The maximum atomic E-state index is 13.9. The lowest BCUT2D eigenvalue weighted by molar-refractivity contribution is -0.116. The van der Waals surface area contributed by atoms with Gasteiger partial charge >= 0.3 is 0 Å². The summed E-state index contributed by atoms with van der Waals surface area (Å²) >= 11 is 3.22. The van der Waals surface area contributed by atoms with Crippen molar-refractivity contribution in [3.8, 4) is 0 Å². The fourth-order valence-corrected chi connectivity index (χ4v) is 3.11. The number of rotatable bonds is 12. The molecule has 0 aliphatic carbocycles. The van der Waals surface area contributed by atoms with Crippen LogP contribution in [0, 0.1) is 5.41 Å². The molecule has 0 radical (unpaired) electrons. The number of Topliss-reactive ketones (excluding diaryl/α,β-unsaturated/α-hetero) is 1. The number of hydrogen-bond acceptors (Lipinski definition) is 5. The number of aliphatic hydroxyl groups is 1. The largest absolute Gasteiger partial charge is 0.511 e. The number of nitrogens with one attached hydrogen (secondary N) is 2. The van der Waals surface area contributed by atoms with Crippen molar-refractivity contribution in [3.05, 3.63) is 45.9 Å². The molecule has 1 unspecified atom stereocenters. The first kappa shape index (κ1) is 24.4. The van der Waals surface area contributed by atoms with Gasteiger partial charge < -0.3 is 5.11 Å². The predicted octanol–water partition coefficient (Wildman–Crippen LogP) is 4.20. The fraction of sp³-hybridized carbons (Fsp3) is 0.474. The Morgan fingerprint density at radius 3 is 2.46 bits per heavy atom. The van der Waals surface area contributed by atoms with Gasteiger partial charge in [-0.1, -0.05) is 19.6 Å². The lowest BCUT2D eigenvalue weighted by Crippen LogP contribution is -2.30. The average Bonchev–Trinajstić information content (AvgIpc) is 2.62. The first-order chi connectivity index (χ1) is 12.2. The van der Waals surface area contributed by atoms with Gasteiger partial charge in [-0.05, 0) is 67.7 Å². The molecule has 7 heteroatoms. The van der Waals surface area contributed by atoms with Crippen LogP contribution >= 0.6 is 15.9 Å². The molecule has 0 aromatic carbocycles. The number of allylic oxidation sites excluding steroid dienone is 7. The van der Waals surface area contributed by atoms with Crippen LogP contribution in [-0.2, 0) is 9.59 Å². The summed E-state index contributed by atoms with van der Waals surface area (Å²) in [7, 11) is 1.74. The van der Waals surface area contributed by atoms with Gasteiger partial charge in [0, 0.05) is 12.0 Å². The summed E-state index contributed by atoms with van der Waals surface area (Å²) in [6.45, 7) is 8.77. The van der Waals surface area contributed by atoms with Crippen LogP contribution in [0.15, 0.2) is 45.9 Å². The van der Waals surface area contributed by atoms with Crippen LogP contribution in [0.4, 0.5) is 4.39 Å². The molecule has 0 saturated carbocycles. The number of carbonyl (C=O) groups excluding carboxylic acids is 2. The van der Waals surface area contributed by atoms with Crippen LogP contribution in [0.3, 0.4) is 0 Å². The Morgan fingerprint density at radius 1 is 1.42 bits per heavy atom. The van der Waals surface area contributed by atoms with Gasteiger partial charge in [-0.25, -0.2) is 4.39 Å². The fourth-order valence-electron chi connectivity index (χ4n) is 2.58. The number of halogens is 2. The Labute approximate surface area is 163 Å². The zero-order valence-corrected chi connectivity index (χ0v) is 17.4. The smallest absolute Gasteiger partial charge is 0.166 e. The maximum Gasteiger partial charge on any atom is 0.166 e. The molecular formula is C19H28BrFN2O3. The minimum absolute atomic E-state index is 0.234. The van der Waals surface area contributed by atoms with Crippen molar-refractivity contribution in [2.45, 2.75) is 40.0 Å². The second-order valence-electron chi connectivity index (χ2n) is 6.13. The van der Waals surface area contributed by atoms with Gasteiger partial charge in [0.25, 0.3) is 0 Å². The van der Waals surface area contributed by atoms with E-state index in [2.05, 4.69) is 33.4 Å². The molecule has 0 aliphatic heterocycles. The third kappa shape index (κ3) is 6.97. The quantitative estimate of drug-likeness (QED) is 0.0631. The molecule has 0 spiro atoms. The van der Waals surface area contributed by atoms with E-state index in [9.17, 15) is 19.1 Å². The van der Waals surface area contributed by atoms with Crippen LogP contribution < -0.4 is 10.9 Å². The van der Waals surface area contributed by atoms with Crippen molar-refractivity contribution in [1.82, 2.24) is 10.9 Å². The molecule has 26 heavy (non-hydrogen) atoms. The summed E-state index contributed by atoms with van der Waals surface area (Å²) in [6.07, 6.45) is 4.55. The highest BCUT2D eigenvalue weighted by Gasteiger charge is 2.34. The van der Waals surface area contributed by atoms with Gasteiger partial charge in [0.2, 0.25) is 0 Å². The number of carbonyl (C=O) groups is 2. The van der Waals surface area contributed by atoms with Gasteiger partial charge in [-0.15, -0.1) is 0 Å². The molecule has 3 N–H and O–H groups in total. The monoisotopic (exact) mass is 430 g/mol. The highest BCUT2D eigenvalue weighted by molar-refractivity contribution is 9.12. The van der Waals surface area contributed by atoms with Gasteiger partial charge in [-0.2, -0.15) is 0 Å². The first-order valence-corrected chi connectivity index (χ1v) is 9.10. The Balaban J connectivity index is 5.97. The molecule has 0 fully saturated rings. The highest BCUT2D eigenvalue weighted by Crippen LogP contribution is 2.42. The Bertz CT molecular complexity index is 626. The van der Waals surface area contributed by atoms with Crippen LogP contribution in [-0.4, -0.2) is 30.8 Å². The third-order valence-electron chi connectivity index (χ3n) is 4.13. The molecule has 0 aliphatic rings. The zero-order chi connectivity index (χ0) is 20.3. The van der Waals surface area contributed by atoms with Gasteiger partial charge in [0.15, 0.2) is 12.1 Å². The third-order valence-corrected chi connectivity index (χ3v) is 5.02. The molecule has 0 rings (SSSR count). The van der Waals surface area contributed by atoms with Crippen molar-refractivity contribution in [2.24, 2.45) is 5.41 Å². The molecule has 0 heterocycles. The molecule has 0 amide bonds. The maximum absolute atomic E-state index is 13.9. The molecule has 0 bridgehead atoms. The normalized spacial score (nSPS) is 16.3. The number of hydrogen-bond donors (Lipinski definition) is 3. The van der Waals surface area contributed by atoms with Crippen LogP contribution in [0.2, 0.25) is 0 Å². The molecule has 1 atom stereocenters. The zero-order valence-electron chi connectivity index (χ0n) is 15.8. The topological polar surface area (TPSA) is 78.4 Å². The lowest BCUT2D eigenvalue weighted by Gasteiger charge is -2.31. The summed E-state index contributed by atoms with van der Waals surface area (Å²) in [5.74, 6) is -1.31. The van der Waals surface area contributed by atoms with Crippen molar-refractivity contribution < 1.29 is 19.1 Å². The Morgan fingerprint density at radius 2 is 2.04 bits per heavy atom. The van der Waals surface area contributed by atoms with E-state index in [4.69, 9.17) is 0 Å². The van der Waals surface area contributed by atoms with Gasteiger partial charge in [0.1, 0.15) is 11.6 Å². The van der Waals surface area contributed by atoms with Gasteiger partial charge in [-0.3, -0.25) is 20.4 Å². The van der Waals surface area contributed by atoms with Crippen LogP contribution in [0.25, 0.3) is 0 Å². The lowest BCUT2D eigenvalue weighted by atomic mass is 9.75. The van der Waals surface area contributed by atoms with Crippen molar-refractivity contribution in [2.75, 3.05) is 13.6 Å². The number of hydrazine groups is 1. The van der Waals surface area contributed by atoms with E-state index < -0.39 is 17.0 Å². The van der Waals surface area contributed by atoms with Crippen molar-refractivity contribution in [3.63, 3.8) is 0 Å². The van der Waals surface area contributed by atoms with E-state index in [0.29, 0.717) is 31.2 Å². The standard InChI is InChI=1S/C19H28BrFN2O3/c1-6-14(17(20)16(21)7-2)11-19(4,9-8-10-23-22-5)18(26)15(12-24)13(3)25/h6-7,12,22-23,26H,2,8-11H2,1,3-5H3/b14-6-,17-16-,18-15-. The van der Waals surface area contributed by atoms with E-state index >= 15 is 0 Å². The van der Waals surface area contributed by atoms with E-state index in [1.165, 1.54) is 6.92 Å². The summed E-state index contributed by atoms with van der Waals surface area (Å²) in [4.78, 5) is 23.0. The van der Waals surface area contributed by atoms with E-state index in [-0.39, 0.29) is 22.2 Å². The predicted molar refractivity (Wildman–Crippen MR) is 106 cm³/mol. The SMILES string of the molecule is C=C/C(F)=C(Br)\C(=C/C)CC(C)(CCCNNC)/C(O)=C(\C=O)C(C)=O. The second kappa shape index (κ2) is 11.9. The van der Waals surface area contributed by atoms with Gasteiger partial charge in [0.05, 0.1) is 10.1 Å². The molecule has 146 valence electrons. The van der Waals surface area contributed by atoms with Crippen LogP contribution in [0.5, 0.6) is 0 Å². The molecule has 0 aromatic heterocycles. The Hall–Kier alpha value is -1.57. The van der Waals surface area contributed by atoms with Crippen LogP contribution in [0.1, 0.15) is 40.0 Å². The van der Waals surface area contributed by atoms with Crippen molar-refractivity contribution >= 4 is 28.0 Å².